The Labute approximate surface area is 115 Å². The first kappa shape index (κ1) is 13.6. The molecule has 0 saturated heterocycles. The molecule has 100 valence electrons. The summed E-state index contributed by atoms with van der Waals surface area (Å²) < 4.78 is 32.2. The molecule has 1 N–H and O–H groups in total. The monoisotopic (exact) mass is 283 g/mol. The first-order chi connectivity index (χ1) is 9.11. The van der Waals surface area contributed by atoms with Crippen LogP contribution in [0.3, 0.4) is 0 Å². The number of benzene rings is 2. The Morgan fingerprint density at radius 3 is 2.68 bits per heavy atom. The van der Waals surface area contributed by atoms with Gasteiger partial charge in [-0.15, -0.1) is 0 Å². The molecule has 2 nitrogen and oxygen atoms in total. The largest absolute Gasteiger partial charge is 0.497 e. The van der Waals surface area contributed by atoms with E-state index in [0.29, 0.717) is 11.3 Å². The Hall–Kier alpha value is -1.81. The lowest BCUT2D eigenvalue weighted by atomic mass is 10.2. The molecule has 19 heavy (non-hydrogen) atoms. The minimum Gasteiger partial charge on any atom is -0.497 e. The highest BCUT2D eigenvalue weighted by Gasteiger charge is 2.08. The summed E-state index contributed by atoms with van der Waals surface area (Å²) >= 11 is 5.66. The molecule has 2 rings (SSSR count). The van der Waals surface area contributed by atoms with Gasteiger partial charge in [0.2, 0.25) is 0 Å². The van der Waals surface area contributed by atoms with Crippen molar-refractivity contribution in [1.82, 2.24) is 0 Å². The lowest BCUT2D eigenvalue weighted by Gasteiger charge is -2.10. The van der Waals surface area contributed by atoms with Gasteiger partial charge >= 0.3 is 0 Å². The van der Waals surface area contributed by atoms with E-state index in [-0.39, 0.29) is 17.3 Å². The Balaban J connectivity index is 2.12. The van der Waals surface area contributed by atoms with Crippen molar-refractivity contribution in [2.24, 2.45) is 0 Å². The molecule has 0 aliphatic heterocycles. The molecule has 0 radical (unpaired) electrons. The molecular formula is C14H12ClF2NO. The standard InChI is InChI=1S/C14H12ClF2NO/c1-19-10-6-5-9(12(16)7-10)8-18-13-4-2-3-11(15)14(13)17/h2-7,18H,8H2,1H3. The van der Waals surface area contributed by atoms with Crippen molar-refractivity contribution >= 4 is 17.3 Å². The first-order valence-electron chi connectivity index (χ1n) is 5.62. The average molecular weight is 284 g/mol. The number of methoxy groups -OCH3 is 1. The topological polar surface area (TPSA) is 21.3 Å². The summed E-state index contributed by atoms with van der Waals surface area (Å²) in [5.41, 5.74) is 0.655. The number of halogens is 3. The number of hydrogen-bond donors (Lipinski definition) is 1. The van der Waals surface area contributed by atoms with Crippen LogP contribution in [0, 0.1) is 11.6 Å². The molecule has 0 aliphatic carbocycles. The Kier molecular flexibility index (Phi) is 4.22. The normalized spacial score (nSPS) is 10.3. The molecule has 0 spiro atoms. The molecule has 0 bridgehead atoms. The number of ether oxygens (including phenoxy) is 1. The maximum Gasteiger partial charge on any atom is 0.164 e. The van der Waals surface area contributed by atoms with E-state index in [1.54, 1.807) is 24.3 Å². The Morgan fingerprint density at radius 1 is 1.21 bits per heavy atom. The predicted octanol–water partition coefficient (Wildman–Crippen LogP) is 4.24. The lowest BCUT2D eigenvalue weighted by molar-refractivity contribution is 0.411. The minimum absolute atomic E-state index is 0.0280. The second-order valence-corrected chi connectivity index (χ2v) is 4.32. The number of hydrogen-bond acceptors (Lipinski definition) is 2. The van der Waals surface area contributed by atoms with Crippen molar-refractivity contribution < 1.29 is 13.5 Å². The molecule has 2 aromatic rings. The van der Waals surface area contributed by atoms with Crippen LogP contribution in [0.15, 0.2) is 36.4 Å². The van der Waals surface area contributed by atoms with E-state index in [1.165, 1.54) is 19.2 Å². The van der Waals surface area contributed by atoms with E-state index in [4.69, 9.17) is 16.3 Å². The zero-order valence-electron chi connectivity index (χ0n) is 10.2. The summed E-state index contributed by atoms with van der Waals surface area (Å²) in [4.78, 5) is 0. The highest BCUT2D eigenvalue weighted by atomic mass is 35.5. The van der Waals surface area contributed by atoms with Gasteiger partial charge in [0.15, 0.2) is 5.82 Å². The maximum absolute atomic E-state index is 13.7. The molecule has 0 fully saturated rings. The SMILES string of the molecule is COc1ccc(CNc2cccc(Cl)c2F)c(F)c1. The quantitative estimate of drug-likeness (QED) is 0.906. The third kappa shape index (κ3) is 3.15. The summed E-state index contributed by atoms with van der Waals surface area (Å²) in [7, 11) is 1.47. The van der Waals surface area contributed by atoms with Crippen molar-refractivity contribution in [3.05, 3.63) is 58.6 Å². The highest BCUT2D eigenvalue weighted by Crippen LogP contribution is 2.23. The van der Waals surface area contributed by atoms with E-state index in [2.05, 4.69) is 5.32 Å². The van der Waals surface area contributed by atoms with E-state index >= 15 is 0 Å². The number of rotatable bonds is 4. The fourth-order valence-corrected chi connectivity index (χ4v) is 1.80. The minimum atomic E-state index is -0.543. The van der Waals surface area contributed by atoms with Crippen LogP contribution in [-0.2, 0) is 6.54 Å². The molecule has 0 heterocycles. The maximum atomic E-state index is 13.7. The fourth-order valence-electron chi connectivity index (χ4n) is 1.63. The van der Waals surface area contributed by atoms with Crippen LogP contribution in [0.5, 0.6) is 5.75 Å². The third-order valence-electron chi connectivity index (χ3n) is 2.68. The predicted molar refractivity (Wildman–Crippen MR) is 71.7 cm³/mol. The van der Waals surface area contributed by atoms with Gasteiger partial charge < -0.3 is 10.1 Å². The summed E-state index contributed by atoms with van der Waals surface area (Å²) in [6, 6.07) is 9.14. The second-order valence-electron chi connectivity index (χ2n) is 3.91. The molecule has 5 heteroatoms. The summed E-state index contributed by atoms with van der Waals surface area (Å²) in [6.07, 6.45) is 0. The van der Waals surface area contributed by atoms with Crippen LogP contribution in [0.1, 0.15) is 5.56 Å². The van der Waals surface area contributed by atoms with Gasteiger partial charge in [-0.2, -0.15) is 0 Å². The highest BCUT2D eigenvalue weighted by molar-refractivity contribution is 6.31. The van der Waals surface area contributed by atoms with Crippen molar-refractivity contribution in [2.45, 2.75) is 6.54 Å². The van der Waals surface area contributed by atoms with Crippen LogP contribution >= 0.6 is 11.6 Å². The zero-order valence-corrected chi connectivity index (χ0v) is 11.0. The van der Waals surface area contributed by atoms with Crippen molar-refractivity contribution in [2.75, 3.05) is 12.4 Å². The molecule has 2 aromatic carbocycles. The van der Waals surface area contributed by atoms with E-state index in [0.717, 1.165) is 0 Å². The summed E-state index contributed by atoms with van der Waals surface area (Å²) in [5.74, 6) is -0.512. The molecule has 0 unspecified atom stereocenters. The van der Waals surface area contributed by atoms with E-state index < -0.39 is 11.6 Å². The van der Waals surface area contributed by atoms with Gasteiger partial charge in [0.1, 0.15) is 11.6 Å². The van der Waals surface area contributed by atoms with Gasteiger partial charge in [0.25, 0.3) is 0 Å². The average Bonchev–Trinajstić information content (AvgIpc) is 2.41. The molecule has 0 aliphatic rings. The lowest BCUT2D eigenvalue weighted by Crippen LogP contribution is -2.03. The number of nitrogens with one attached hydrogen (secondary N) is 1. The van der Waals surface area contributed by atoms with Gasteiger partial charge in [-0.05, 0) is 18.2 Å². The molecule has 0 atom stereocenters. The molecule has 0 saturated carbocycles. The van der Waals surface area contributed by atoms with Crippen molar-refractivity contribution in [3.63, 3.8) is 0 Å². The second kappa shape index (κ2) is 5.89. The van der Waals surface area contributed by atoms with Crippen LogP contribution in [-0.4, -0.2) is 7.11 Å². The first-order valence-corrected chi connectivity index (χ1v) is 6.00. The smallest absolute Gasteiger partial charge is 0.164 e. The van der Waals surface area contributed by atoms with Crippen LogP contribution in [0.2, 0.25) is 5.02 Å². The Bertz CT molecular complexity index is 590. The van der Waals surface area contributed by atoms with Gasteiger partial charge in [-0.1, -0.05) is 23.7 Å². The van der Waals surface area contributed by atoms with Crippen LogP contribution < -0.4 is 10.1 Å². The van der Waals surface area contributed by atoms with E-state index in [9.17, 15) is 8.78 Å². The molecule has 0 aromatic heterocycles. The summed E-state index contributed by atoms with van der Waals surface area (Å²) in [6.45, 7) is 0.160. The van der Waals surface area contributed by atoms with Gasteiger partial charge in [-0.3, -0.25) is 0 Å². The summed E-state index contributed by atoms with van der Waals surface area (Å²) in [5, 5.41) is 2.84. The third-order valence-corrected chi connectivity index (χ3v) is 2.97. The number of anilines is 1. The Morgan fingerprint density at radius 2 is 2.00 bits per heavy atom. The van der Waals surface area contributed by atoms with Crippen LogP contribution in [0.4, 0.5) is 14.5 Å². The molecule has 0 amide bonds. The molecular weight excluding hydrogens is 272 g/mol. The zero-order chi connectivity index (χ0) is 13.8. The van der Waals surface area contributed by atoms with Crippen molar-refractivity contribution in [3.8, 4) is 5.75 Å². The van der Waals surface area contributed by atoms with Gasteiger partial charge in [-0.25, -0.2) is 8.78 Å². The van der Waals surface area contributed by atoms with Crippen LogP contribution in [0.25, 0.3) is 0 Å². The van der Waals surface area contributed by atoms with E-state index in [1.807, 2.05) is 0 Å². The van der Waals surface area contributed by atoms with Gasteiger partial charge in [0.05, 0.1) is 17.8 Å². The fraction of sp³-hybridized carbons (Fsp3) is 0.143. The van der Waals surface area contributed by atoms with Gasteiger partial charge in [0, 0.05) is 18.2 Å². The van der Waals surface area contributed by atoms with Crippen molar-refractivity contribution in [1.29, 1.82) is 0 Å².